The fourth-order valence-electron chi connectivity index (χ4n) is 5.40. The van der Waals surface area contributed by atoms with E-state index in [-0.39, 0.29) is 5.91 Å². The van der Waals surface area contributed by atoms with E-state index in [0.29, 0.717) is 41.5 Å². The van der Waals surface area contributed by atoms with Crippen molar-refractivity contribution in [1.29, 1.82) is 0 Å². The Kier molecular flexibility index (Phi) is 9.35. The van der Waals surface area contributed by atoms with Crippen molar-refractivity contribution in [2.45, 2.75) is 25.8 Å². The molecule has 3 N–H and O–H groups in total. The number of fused-ring (bicyclic) bond motifs is 1. The van der Waals surface area contributed by atoms with Gasteiger partial charge < -0.3 is 30.0 Å². The molecule has 0 atom stereocenters. The summed E-state index contributed by atoms with van der Waals surface area (Å²) in [4.78, 5) is 23.9. The number of benzene rings is 2. The summed E-state index contributed by atoms with van der Waals surface area (Å²) in [6, 6.07) is 14.2. The van der Waals surface area contributed by atoms with Gasteiger partial charge in [0.1, 0.15) is 18.1 Å². The number of likely N-dealkylation sites (tertiary alicyclic amines) is 1. The van der Waals surface area contributed by atoms with Crippen molar-refractivity contribution in [2.75, 3.05) is 50.5 Å². The van der Waals surface area contributed by atoms with Crippen molar-refractivity contribution in [3.05, 3.63) is 67.5 Å². The number of hydrogen-bond donors (Lipinski definition) is 3. The van der Waals surface area contributed by atoms with Gasteiger partial charge in [0.15, 0.2) is 0 Å². The molecule has 1 saturated heterocycles. The van der Waals surface area contributed by atoms with Crippen LogP contribution in [0.2, 0.25) is 0 Å². The minimum Gasteiger partial charge on any atom is -0.494 e. The van der Waals surface area contributed by atoms with E-state index in [0.717, 1.165) is 61.2 Å². The number of piperidine rings is 1. The fourth-order valence-corrected chi connectivity index (χ4v) is 5.40. The number of ether oxygens (including phenoxy) is 2. The number of amides is 1. The Balaban J connectivity index is 1.35. The largest absolute Gasteiger partial charge is 0.494 e. The van der Waals surface area contributed by atoms with Crippen LogP contribution >= 0.6 is 0 Å². The maximum absolute atomic E-state index is 12.3. The molecule has 0 saturated carbocycles. The second-order valence-corrected chi connectivity index (χ2v) is 10.3. The average molecular weight is 570 g/mol. The molecule has 0 bridgehead atoms. The van der Waals surface area contributed by atoms with E-state index >= 15 is 0 Å². The molecule has 2 aromatic carbocycles. The number of carbonyl (C=O) groups is 1. The van der Waals surface area contributed by atoms with Crippen molar-refractivity contribution in [3.8, 4) is 22.8 Å². The molecule has 220 valence electrons. The van der Waals surface area contributed by atoms with E-state index < -0.39 is 0 Å². The molecule has 1 amide bonds. The SMILES string of the molecule is C=CC(=O)Nc1cc(Nc2nccc(-c3cn(C)c4ccccc34)n2)c(OC)cc1OCCN1CCC(NCC)CC1. The summed E-state index contributed by atoms with van der Waals surface area (Å²) < 4.78 is 14.0. The molecule has 1 aliphatic rings. The first-order valence-corrected chi connectivity index (χ1v) is 14.4. The normalized spacial score (nSPS) is 14.1. The third-order valence-corrected chi connectivity index (χ3v) is 7.57. The molecule has 5 rings (SSSR count). The van der Waals surface area contributed by atoms with Gasteiger partial charge in [-0.2, -0.15) is 0 Å². The predicted molar refractivity (Wildman–Crippen MR) is 168 cm³/mol. The first kappa shape index (κ1) is 29.1. The van der Waals surface area contributed by atoms with Gasteiger partial charge in [-0.05, 0) is 56.8 Å². The van der Waals surface area contributed by atoms with Crippen LogP contribution in [0.5, 0.6) is 11.5 Å². The van der Waals surface area contributed by atoms with Crippen molar-refractivity contribution >= 4 is 34.1 Å². The molecule has 0 radical (unpaired) electrons. The number of nitrogens with zero attached hydrogens (tertiary/aromatic N) is 4. The van der Waals surface area contributed by atoms with Crippen LogP contribution in [0.25, 0.3) is 22.2 Å². The molecule has 4 aromatic rings. The van der Waals surface area contributed by atoms with Gasteiger partial charge in [0, 0.05) is 54.6 Å². The topological polar surface area (TPSA) is 106 Å². The number of aryl methyl sites for hydroxylation is 1. The summed E-state index contributed by atoms with van der Waals surface area (Å²) in [5, 5.41) is 10.8. The molecule has 0 spiro atoms. The van der Waals surface area contributed by atoms with Crippen molar-refractivity contribution in [3.63, 3.8) is 0 Å². The number of rotatable bonds is 12. The zero-order valence-electron chi connectivity index (χ0n) is 24.5. The van der Waals surface area contributed by atoms with Crippen molar-refractivity contribution < 1.29 is 14.3 Å². The molecule has 1 fully saturated rings. The highest BCUT2D eigenvalue weighted by molar-refractivity contribution is 6.00. The zero-order valence-corrected chi connectivity index (χ0v) is 24.5. The van der Waals surface area contributed by atoms with Gasteiger partial charge in [-0.15, -0.1) is 0 Å². The van der Waals surface area contributed by atoms with E-state index in [2.05, 4.69) is 62.2 Å². The number of para-hydroxylation sites is 1. The van der Waals surface area contributed by atoms with E-state index in [4.69, 9.17) is 14.5 Å². The Labute approximate surface area is 246 Å². The van der Waals surface area contributed by atoms with Crippen LogP contribution in [-0.2, 0) is 11.8 Å². The second kappa shape index (κ2) is 13.5. The number of methoxy groups -OCH3 is 1. The minimum atomic E-state index is -0.337. The molecule has 10 heteroatoms. The third kappa shape index (κ3) is 6.72. The number of carbonyl (C=O) groups excluding carboxylic acids is 1. The molecule has 3 heterocycles. The predicted octanol–water partition coefficient (Wildman–Crippen LogP) is 4.96. The summed E-state index contributed by atoms with van der Waals surface area (Å²) >= 11 is 0. The van der Waals surface area contributed by atoms with E-state index in [1.807, 2.05) is 25.2 Å². The third-order valence-electron chi connectivity index (χ3n) is 7.57. The van der Waals surface area contributed by atoms with Crippen LogP contribution in [-0.4, -0.2) is 71.3 Å². The Morgan fingerprint density at radius 3 is 2.71 bits per heavy atom. The summed E-state index contributed by atoms with van der Waals surface area (Å²) in [5.41, 5.74) is 4.01. The summed E-state index contributed by atoms with van der Waals surface area (Å²) in [6.07, 6.45) is 7.28. The molecule has 42 heavy (non-hydrogen) atoms. The number of hydrogen-bond acceptors (Lipinski definition) is 8. The second-order valence-electron chi connectivity index (χ2n) is 10.3. The highest BCUT2D eigenvalue weighted by atomic mass is 16.5. The Hall–Kier alpha value is -4.41. The molecular weight excluding hydrogens is 530 g/mol. The lowest BCUT2D eigenvalue weighted by molar-refractivity contribution is -0.111. The minimum absolute atomic E-state index is 0.337. The van der Waals surface area contributed by atoms with Gasteiger partial charge in [0.2, 0.25) is 11.9 Å². The lowest BCUT2D eigenvalue weighted by atomic mass is 10.1. The van der Waals surface area contributed by atoms with Crippen LogP contribution in [0.4, 0.5) is 17.3 Å². The molecule has 1 aliphatic heterocycles. The molecule has 2 aromatic heterocycles. The smallest absolute Gasteiger partial charge is 0.247 e. The monoisotopic (exact) mass is 569 g/mol. The first-order chi connectivity index (χ1) is 20.5. The molecule has 10 nitrogen and oxygen atoms in total. The van der Waals surface area contributed by atoms with Crippen LogP contribution in [0.1, 0.15) is 19.8 Å². The number of anilines is 3. The van der Waals surface area contributed by atoms with E-state index in [1.54, 1.807) is 25.4 Å². The van der Waals surface area contributed by atoms with Crippen LogP contribution < -0.4 is 25.4 Å². The van der Waals surface area contributed by atoms with Crippen LogP contribution in [0.3, 0.4) is 0 Å². The van der Waals surface area contributed by atoms with Gasteiger partial charge in [0.05, 0.1) is 24.2 Å². The number of nitrogens with one attached hydrogen (secondary N) is 3. The fraction of sp³-hybridized carbons (Fsp3) is 0.344. The lowest BCUT2D eigenvalue weighted by Crippen LogP contribution is -2.43. The lowest BCUT2D eigenvalue weighted by Gasteiger charge is -2.32. The molecule has 0 unspecified atom stereocenters. The standard InChI is InChI=1S/C32H39N7O3/c1-5-31(40)35-27-19-26(29(41-4)20-30(27)42-18-17-39-15-12-22(13-16-39)33-6-2)37-32-34-14-11-25(36-32)24-21-38(3)28-10-8-7-9-23(24)28/h5,7-11,14,19-22,33H,1,6,12-13,15-18H2,2-4H3,(H,35,40)(H,34,36,37). The van der Waals surface area contributed by atoms with Gasteiger partial charge in [-0.3, -0.25) is 9.69 Å². The zero-order chi connectivity index (χ0) is 29.5. The van der Waals surface area contributed by atoms with Crippen molar-refractivity contribution in [2.24, 2.45) is 7.05 Å². The van der Waals surface area contributed by atoms with Gasteiger partial charge in [0.25, 0.3) is 0 Å². The van der Waals surface area contributed by atoms with Gasteiger partial charge >= 0.3 is 0 Å². The highest BCUT2D eigenvalue weighted by Gasteiger charge is 2.19. The Morgan fingerprint density at radius 2 is 1.95 bits per heavy atom. The molecular formula is C32H39N7O3. The van der Waals surface area contributed by atoms with Crippen LogP contribution in [0, 0.1) is 0 Å². The first-order valence-electron chi connectivity index (χ1n) is 14.4. The maximum Gasteiger partial charge on any atom is 0.247 e. The Morgan fingerprint density at radius 1 is 1.14 bits per heavy atom. The van der Waals surface area contributed by atoms with Gasteiger partial charge in [-0.25, -0.2) is 9.97 Å². The summed E-state index contributed by atoms with van der Waals surface area (Å²) in [7, 11) is 3.61. The van der Waals surface area contributed by atoms with Crippen LogP contribution in [0.15, 0.2) is 67.5 Å². The van der Waals surface area contributed by atoms with Crippen molar-refractivity contribution in [1.82, 2.24) is 24.8 Å². The maximum atomic E-state index is 12.3. The van der Waals surface area contributed by atoms with E-state index in [9.17, 15) is 4.79 Å². The quantitative estimate of drug-likeness (QED) is 0.206. The number of aromatic nitrogens is 3. The van der Waals surface area contributed by atoms with E-state index in [1.165, 1.54) is 6.08 Å². The summed E-state index contributed by atoms with van der Waals surface area (Å²) in [6.45, 7) is 10.1. The highest BCUT2D eigenvalue weighted by Crippen LogP contribution is 2.38. The molecule has 0 aliphatic carbocycles. The van der Waals surface area contributed by atoms with Gasteiger partial charge in [-0.1, -0.05) is 31.7 Å². The summed E-state index contributed by atoms with van der Waals surface area (Å²) in [5.74, 6) is 1.11. The Bertz CT molecular complexity index is 1540. The average Bonchev–Trinajstić information content (AvgIpc) is 3.35.